The number of aliphatic hydroxyl groups is 1. The molecule has 1 aromatic carbocycles. The lowest BCUT2D eigenvalue weighted by atomic mass is 10.2. The predicted molar refractivity (Wildman–Crippen MR) is 85.6 cm³/mol. The Morgan fingerprint density at radius 1 is 1.24 bits per heavy atom. The number of hydrogen-bond donors (Lipinski definition) is 2. The summed E-state index contributed by atoms with van der Waals surface area (Å²) < 4.78 is 5.80. The highest BCUT2D eigenvalue weighted by Crippen LogP contribution is 2.19. The van der Waals surface area contributed by atoms with E-state index in [-0.39, 0.29) is 12.2 Å². The van der Waals surface area contributed by atoms with Gasteiger partial charge in [0.25, 0.3) is 0 Å². The molecule has 2 N–H and O–H groups in total. The average molecular weight is 292 g/mol. The summed E-state index contributed by atoms with van der Waals surface area (Å²) in [4.78, 5) is 2.34. The summed E-state index contributed by atoms with van der Waals surface area (Å²) in [6.07, 6.45) is 2.40. The fourth-order valence-corrected chi connectivity index (χ4v) is 2.72. The highest BCUT2D eigenvalue weighted by molar-refractivity contribution is 5.33. The Balaban J connectivity index is 1.74. The van der Waals surface area contributed by atoms with E-state index in [0.717, 1.165) is 37.5 Å². The van der Waals surface area contributed by atoms with Crippen molar-refractivity contribution < 1.29 is 9.84 Å². The van der Waals surface area contributed by atoms with Crippen molar-refractivity contribution in [1.29, 1.82) is 0 Å². The second kappa shape index (κ2) is 8.37. The minimum Gasteiger partial charge on any atom is -0.491 e. The molecule has 1 unspecified atom stereocenters. The number of ether oxygens (including phenoxy) is 1. The Kier molecular flexibility index (Phi) is 6.49. The van der Waals surface area contributed by atoms with E-state index in [0.29, 0.717) is 6.54 Å². The Hall–Kier alpha value is -1.10. The molecular weight excluding hydrogens is 264 g/mol. The van der Waals surface area contributed by atoms with Crippen LogP contribution in [0, 0.1) is 0 Å². The monoisotopic (exact) mass is 292 g/mol. The Morgan fingerprint density at radius 2 is 1.95 bits per heavy atom. The number of likely N-dealkylation sites (tertiary alicyclic amines) is 1. The van der Waals surface area contributed by atoms with Crippen LogP contribution in [-0.2, 0) is 6.54 Å². The lowest BCUT2D eigenvalue weighted by molar-refractivity contribution is 0.123. The van der Waals surface area contributed by atoms with Crippen LogP contribution in [0.5, 0.6) is 5.75 Å². The first-order chi connectivity index (χ1) is 10.1. The van der Waals surface area contributed by atoms with Gasteiger partial charge in [0.2, 0.25) is 0 Å². The van der Waals surface area contributed by atoms with Crippen LogP contribution in [0.2, 0.25) is 0 Å². The molecule has 1 atom stereocenters. The van der Waals surface area contributed by atoms with Crippen molar-refractivity contribution in [2.75, 3.05) is 26.2 Å². The second-order valence-electron chi connectivity index (χ2n) is 6.07. The fraction of sp³-hybridized carbons (Fsp3) is 0.647. The van der Waals surface area contributed by atoms with Gasteiger partial charge in [-0.3, -0.25) is 0 Å². The fourth-order valence-electron chi connectivity index (χ4n) is 2.72. The van der Waals surface area contributed by atoms with E-state index in [4.69, 9.17) is 4.74 Å². The molecule has 1 aliphatic rings. The summed E-state index contributed by atoms with van der Waals surface area (Å²) in [6, 6.07) is 8.07. The molecule has 0 saturated carbocycles. The van der Waals surface area contributed by atoms with Gasteiger partial charge < -0.3 is 20.1 Å². The van der Waals surface area contributed by atoms with Crippen molar-refractivity contribution in [2.24, 2.45) is 0 Å². The molecule has 0 radical (unpaired) electrons. The van der Waals surface area contributed by atoms with Crippen molar-refractivity contribution in [1.82, 2.24) is 10.2 Å². The van der Waals surface area contributed by atoms with Crippen LogP contribution in [0.25, 0.3) is 0 Å². The molecule has 0 aliphatic carbocycles. The third kappa shape index (κ3) is 5.65. The Morgan fingerprint density at radius 3 is 2.67 bits per heavy atom. The average Bonchev–Trinajstić information content (AvgIpc) is 2.93. The maximum atomic E-state index is 10.1. The topological polar surface area (TPSA) is 44.7 Å². The van der Waals surface area contributed by atoms with E-state index in [1.807, 2.05) is 32.0 Å². The number of nitrogens with one attached hydrogen (secondary N) is 1. The molecule has 2 rings (SSSR count). The standard InChI is InChI=1S/C17H28N2O2/c1-14(2)21-17-8-4-3-7-15(17)11-18-12-16(20)13-19-9-5-6-10-19/h3-4,7-8,14,16,18,20H,5-6,9-13H2,1-2H3. The molecule has 1 heterocycles. The van der Waals surface area contributed by atoms with Crippen molar-refractivity contribution in [2.45, 2.75) is 45.4 Å². The van der Waals surface area contributed by atoms with Crippen LogP contribution in [0.3, 0.4) is 0 Å². The highest BCUT2D eigenvalue weighted by Gasteiger charge is 2.15. The van der Waals surface area contributed by atoms with Crippen molar-refractivity contribution in [3.05, 3.63) is 29.8 Å². The summed E-state index contributed by atoms with van der Waals surface area (Å²) in [5, 5.41) is 13.4. The molecule has 0 bridgehead atoms. The number of β-amino-alcohol motifs (C(OH)–C–C–N with tert-alkyl or cyclic N) is 1. The van der Waals surface area contributed by atoms with Crippen molar-refractivity contribution in [3.8, 4) is 5.75 Å². The second-order valence-corrected chi connectivity index (χ2v) is 6.07. The first-order valence-electron chi connectivity index (χ1n) is 8.01. The molecule has 4 nitrogen and oxygen atoms in total. The number of para-hydroxylation sites is 1. The molecule has 4 heteroatoms. The molecule has 0 aromatic heterocycles. The SMILES string of the molecule is CC(C)Oc1ccccc1CNCC(O)CN1CCCC1. The number of rotatable bonds is 8. The van der Waals surface area contributed by atoms with Crippen molar-refractivity contribution >= 4 is 0 Å². The van der Waals surface area contributed by atoms with Gasteiger partial charge >= 0.3 is 0 Å². The predicted octanol–water partition coefficient (Wildman–Crippen LogP) is 2.02. The van der Waals surface area contributed by atoms with Gasteiger partial charge in [0, 0.05) is 25.2 Å². The number of benzene rings is 1. The van der Waals surface area contributed by atoms with Crippen LogP contribution in [0.4, 0.5) is 0 Å². The maximum Gasteiger partial charge on any atom is 0.124 e. The molecule has 0 amide bonds. The lowest BCUT2D eigenvalue weighted by Gasteiger charge is -2.20. The van der Waals surface area contributed by atoms with Crippen LogP contribution in [0.1, 0.15) is 32.3 Å². The molecule has 1 saturated heterocycles. The van der Waals surface area contributed by atoms with E-state index in [9.17, 15) is 5.11 Å². The molecule has 1 aliphatic heterocycles. The van der Waals surface area contributed by atoms with E-state index >= 15 is 0 Å². The number of aliphatic hydroxyl groups excluding tert-OH is 1. The molecule has 1 fully saturated rings. The zero-order chi connectivity index (χ0) is 15.1. The number of nitrogens with zero attached hydrogens (tertiary/aromatic N) is 1. The molecule has 118 valence electrons. The normalized spacial score (nSPS) is 17.3. The minimum absolute atomic E-state index is 0.173. The van der Waals surface area contributed by atoms with Crippen LogP contribution >= 0.6 is 0 Å². The lowest BCUT2D eigenvalue weighted by Crippen LogP contribution is -2.36. The number of hydrogen-bond acceptors (Lipinski definition) is 4. The van der Waals surface area contributed by atoms with Crippen LogP contribution in [-0.4, -0.2) is 48.4 Å². The van der Waals surface area contributed by atoms with Gasteiger partial charge in [-0.05, 0) is 45.8 Å². The van der Waals surface area contributed by atoms with Gasteiger partial charge in [0.15, 0.2) is 0 Å². The summed E-state index contributed by atoms with van der Waals surface area (Å²) in [5.41, 5.74) is 1.14. The van der Waals surface area contributed by atoms with Gasteiger partial charge in [-0.15, -0.1) is 0 Å². The third-order valence-corrected chi connectivity index (χ3v) is 3.70. The van der Waals surface area contributed by atoms with E-state index < -0.39 is 0 Å². The van der Waals surface area contributed by atoms with E-state index in [1.54, 1.807) is 0 Å². The van der Waals surface area contributed by atoms with Crippen LogP contribution in [0.15, 0.2) is 24.3 Å². The third-order valence-electron chi connectivity index (χ3n) is 3.70. The minimum atomic E-state index is -0.304. The maximum absolute atomic E-state index is 10.1. The first kappa shape index (κ1) is 16.3. The highest BCUT2D eigenvalue weighted by atomic mass is 16.5. The molecule has 0 spiro atoms. The summed E-state index contributed by atoms with van der Waals surface area (Å²) in [7, 11) is 0. The zero-order valence-corrected chi connectivity index (χ0v) is 13.2. The largest absolute Gasteiger partial charge is 0.491 e. The van der Waals surface area contributed by atoms with E-state index in [1.165, 1.54) is 12.8 Å². The summed E-state index contributed by atoms with van der Waals surface area (Å²) in [5.74, 6) is 0.925. The van der Waals surface area contributed by atoms with Crippen molar-refractivity contribution in [3.63, 3.8) is 0 Å². The van der Waals surface area contributed by atoms with Crippen LogP contribution < -0.4 is 10.1 Å². The quantitative estimate of drug-likeness (QED) is 0.769. The molecular formula is C17H28N2O2. The molecule has 1 aromatic rings. The molecule has 21 heavy (non-hydrogen) atoms. The Labute approximate surface area is 128 Å². The zero-order valence-electron chi connectivity index (χ0n) is 13.2. The first-order valence-corrected chi connectivity index (χ1v) is 8.01. The Bertz CT molecular complexity index is 417. The van der Waals surface area contributed by atoms with Gasteiger partial charge in [0.05, 0.1) is 12.2 Å². The van der Waals surface area contributed by atoms with Gasteiger partial charge in [-0.25, -0.2) is 0 Å². The summed E-state index contributed by atoms with van der Waals surface area (Å²) in [6.45, 7) is 8.43. The van der Waals surface area contributed by atoms with Gasteiger partial charge in [0.1, 0.15) is 5.75 Å². The summed E-state index contributed by atoms with van der Waals surface area (Å²) >= 11 is 0. The van der Waals surface area contributed by atoms with Gasteiger partial charge in [-0.1, -0.05) is 18.2 Å². The van der Waals surface area contributed by atoms with Gasteiger partial charge in [-0.2, -0.15) is 0 Å². The smallest absolute Gasteiger partial charge is 0.124 e. The van der Waals surface area contributed by atoms with E-state index in [2.05, 4.69) is 16.3 Å².